The van der Waals surface area contributed by atoms with Gasteiger partial charge in [-0.05, 0) is 37.8 Å². The van der Waals surface area contributed by atoms with E-state index in [-0.39, 0.29) is 0 Å². The molecular weight excluding hydrogens is 160 g/mol. The summed E-state index contributed by atoms with van der Waals surface area (Å²) in [5.74, 6) is 0. The van der Waals surface area contributed by atoms with Crippen LogP contribution in [0.3, 0.4) is 0 Å². The average Bonchev–Trinajstić information content (AvgIpc) is 2.57. The van der Waals surface area contributed by atoms with E-state index < -0.39 is 0 Å². The Bertz CT molecular complexity index is 244. The molecule has 0 bridgehead atoms. The van der Waals surface area contributed by atoms with E-state index >= 15 is 0 Å². The van der Waals surface area contributed by atoms with Gasteiger partial charge in [0.15, 0.2) is 0 Å². The normalized spacial score (nSPS) is 12.0. The molecule has 0 aliphatic heterocycles. The van der Waals surface area contributed by atoms with Crippen molar-refractivity contribution in [2.45, 2.75) is 39.5 Å². The second-order valence-electron chi connectivity index (χ2n) is 3.47. The second kappa shape index (κ2) is 5.63. The zero-order valence-corrected chi connectivity index (χ0v) is 8.55. The molecule has 0 unspecified atom stereocenters. The molecule has 0 aliphatic rings. The minimum Gasteiger partial charge on any atom is -0.472 e. The van der Waals surface area contributed by atoms with Gasteiger partial charge in [0.1, 0.15) is 0 Å². The number of hydrogen-bond donors (Lipinski definition) is 0. The first-order valence-corrected chi connectivity index (χ1v) is 4.99. The maximum Gasteiger partial charge on any atom is 0.0934 e. The van der Waals surface area contributed by atoms with Crippen LogP contribution in [0.4, 0.5) is 0 Å². The van der Waals surface area contributed by atoms with Crippen LogP contribution in [0.25, 0.3) is 0 Å². The number of rotatable bonds is 5. The second-order valence-corrected chi connectivity index (χ2v) is 3.47. The minimum atomic E-state index is 1.09. The number of allylic oxidation sites excluding steroid dienone is 2. The monoisotopic (exact) mass is 178 g/mol. The highest BCUT2D eigenvalue weighted by atomic mass is 16.3. The molecule has 0 aliphatic carbocycles. The average molecular weight is 178 g/mol. The third kappa shape index (κ3) is 3.97. The topological polar surface area (TPSA) is 13.1 Å². The van der Waals surface area contributed by atoms with Gasteiger partial charge in [-0.1, -0.05) is 25.0 Å². The predicted molar refractivity (Wildman–Crippen MR) is 55.7 cm³/mol. The minimum absolute atomic E-state index is 1.09. The Morgan fingerprint density at radius 3 is 3.00 bits per heavy atom. The highest BCUT2D eigenvalue weighted by Crippen LogP contribution is 2.08. The lowest BCUT2D eigenvalue weighted by molar-refractivity contribution is 0.564. The van der Waals surface area contributed by atoms with Gasteiger partial charge in [0, 0.05) is 0 Å². The lowest BCUT2D eigenvalue weighted by atomic mass is 10.1. The summed E-state index contributed by atoms with van der Waals surface area (Å²) in [6.07, 6.45) is 10.6. The van der Waals surface area contributed by atoms with Gasteiger partial charge in [0.05, 0.1) is 12.5 Å². The Kier molecular flexibility index (Phi) is 4.37. The van der Waals surface area contributed by atoms with Gasteiger partial charge in [-0.25, -0.2) is 0 Å². The third-order valence-corrected chi connectivity index (χ3v) is 2.15. The van der Waals surface area contributed by atoms with Crippen LogP contribution in [0.1, 0.15) is 38.7 Å². The zero-order chi connectivity index (χ0) is 9.52. The molecule has 0 amide bonds. The van der Waals surface area contributed by atoms with Gasteiger partial charge < -0.3 is 4.42 Å². The molecular formula is C12H18O. The molecule has 0 fully saturated rings. The molecule has 0 spiro atoms. The fraction of sp³-hybridized carbons (Fsp3) is 0.500. The Hall–Kier alpha value is -0.980. The van der Waals surface area contributed by atoms with Crippen molar-refractivity contribution in [1.82, 2.24) is 0 Å². The van der Waals surface area contributed by atoms with Gasteiger partial charge in [-0.15, -0.1) is 0 Å². The lowest BCUT2D eigenvalue weighted by Crippen LogP contribution is -1.80. The molecule has 0 saturated carbocycles. The van der Waals surface area contributed by atoms with Crippen LogP contribution in [0.2, 0.25) is 0 Å². The SMILES string of the molecule is CCC/C(C)=C\CCc1ccoc1. The van der Waals surface area contributed by atoms with E-state index in [1.807, 2.05) is 12.3 Å². The summed E-state index contributed by atoms with van der Waals surface area (Å²) in [5, 5.41) is 0. The van der Waals surface area contributed by atoms with E-state index in [4.69, 9.17) is 4.42 Å². The Balaban J connectivity index is 2.24. The quantitative estimate of drug-likeness (QED) is 0.622. The van der Waals surface area contributed by atoms with Crippen molar-refractivity contribution in [3.8, 4) is 0 Å². The predicted octanol–water partition coefficient (Wildman–Crippen LogP) is 3.96. The Morgan fingerprint density at radius 2 is 2.38 bits per heavy atom. The van der Waals surface area contributed by atoms with Crippen LogP contribution < -0.4 is 0 Å². The molecule has 0 radical (unpaired) electrons. The number of hydrogen-bond acceptors (Lipinski definition) is 1. The molecule has 1 rings (SSSR count). The van der Waals surface area contributed by atoms with Crippen LogP contribution in [0.15, 0.2) is 34.7 Å². The Labute approximate surface area is 80.5 Å². The molecule has 13 heavy (non-hydrogen) atoms. The van der Waals surface area contributed by atoms with Crippen molar-refractivity contribution >= 4 is 0 Å². The Morgan fingerprint density at radius 1 is 1.54 bits per heavy atom. The molecule has 0 N–H and O–H groups in total. The van der Waals surface area contributed by atoms with Crippen molar-refractivity contribution in [2.24, 2.45) is 0 Å². The molecule has 0 aromatic carbocycles. The summed E-state index contributed by atoms with van der Waals surface area (Å²) in [4.78, 5) is 0. The largest absolute Gasteiger partial charge is 0.472 e. The van der Waals surface area contributed by atoms with Crippen molar-refractivity contribution in [1.29, 1.82) is 0 Å². The summed E-state index contributed by atoms with van der Waals surface area (Å²) in [7, 11) is 0. The molecule has 1 heterocycles. The molecule has 1 heteroatoms. The lowest BCUT2D eigenvalue weighted by Gasteiger charge is -1.97. The van der Waals surface area contributed by atoms with Crippen molar-refractivity contribution in [2.75, 3.05) is 0 Å². The molecule has 0 atom stereocenters. The van der Waals surface area contributed by atoms with Crippen molar-refractivity contribution in [3.63, 3.8) is 0 Å². The van der Waals surface area contributed by atoms with E-state index in [9.17, 15) is 0 Å². The zero-order valence-electron chi connectivity index (χ0n) is 8.55. The first kappa shape index (κ1) is 10.1. The first-order chi connectivity index (χ1) is 6.33. The van der Waals surface area contributed by atoms with E-state index in [2.05, 4.69) is 19.9 Å². The molecule has 1 aromatic rings. The fourth-order valence-corrected chi connectivity index (χ4v) is 1.42. The van der Waals surface area contributed by atoms with E-state index in [1.54, 1.807) is 6.26 Å². The standard InChI is InChI=1S/C12H18O/c1-3-5-11(2)6-4-7-12-8-9-13-10-12/h6,8-10H,3-5,7H2,1-2H3/b11-6-. The maximum absolute atomic E-state index is 5.00. The smallest absolute Gasteiger partial charge is 0.0934 e. The van der Waals surface area contributed by atoms with Crippen molar-refractivity contribution < 1.29 is 4.42 Å². The number of furan rings is 1. The van der Waals surface area contributed by atoms with Gasteiger partial charge in [0.25, 0.3) is 0 Å². The van der Waals surface area contributed by atoms with Crippen LogP contribution in [0.5, 0.6) is 0 Å². The molecule has 72 valence electrons. The molecule has 1 aromatic heterocycles. The van der Waals surface area contributed by atoms with Crippen LogP contribution in [-0.2, 0) is 6.42 Å². The van der Waals surface area contributed by atoms with Crippen LogP contribution in [0, 0.1) is 0 Å². The van der Waals surface area contributed by atoms with Gasteiger partial charge in [-0.2, -0.15) is 0 Å². The van der Waals surface area contributed by atoms with Crippen molar-refractivity contribution in [3.05, 3.63) is 35.8 Å². The van der Waals surface area contributed by atoms with Crippen LogP contribution in [-0.4, -0.2) is 0 Å². The summed E-state index contributed by atoms with van der Waals surface area (Å²) in [5.41, 5.74) is 2.80. The highest BCUT2D eigenvalue weighted by molar-refractivity contribution is 5.07. The summed E-state index contributed by atoms with van der Waals surface area (Å²) < 4.78 is 5.00. The summed E-state index contributed by atoms with van der Waals surface area (Å²) >= 11 is 0. The van der Waals surface area contributed by atoms with E-state index in [1.165, 1.54) is 24.0 Å². The van der Waals surface area contributed by atoms with Gasteiger partial charge in [-0.3, -0.25) is 0 Å². The summed E-state index contributed by atoms with van der Waals surface area (Å²) in [6.45, 7) is 4.42. The number of aryl methyl sites for hydroxylation is 1. The van der Waals surface area contributed by atoms with E-state index in [0.717, 1.165) is 12.8 Å². The van der Waals surface area contributed by atoms with E-state index in [0.29, 0.717) is 0 Å². The van der Waals surface area contributed by atoms with Gasteiger partial charge >= 0.3 is 0 Å². The maximum atomic E-state index is 5.00. The molecule has 1 nitrogen and oxygen atoms in total. The third-order valence-electron chi connectivity index (χ3n) is 2.15. The summed E-state index contributed by atoms with van der Waals surface area (Å²) in [6, 6.07) is 2.03. The van der Waals surface area contributed by atoms with Gasteiger partial charge in [0.2, 0.25) is 0 Å². The van der Waals surface area contributed by atoms with Crippen LogP contribution >= 0.6 is 0 Å². The molecule has 0 saturated heterocycles. The fourth-order valence-electron chi connectivity index (χ4n) is 1.42. The first-order valence-electron chi connectivity index (χ1n) is 4.99. The highest BCUT2D eigenvalue weighted by Gasteiger charge is 1.92.